The lowest BCUT2D eigenvalue weighted by atomic mass is 9.89. The summed E-state index contributed by atoms with van der Waals surface area (Å²) in [6, 6.07) is 12.9. The average molecular weight is 270 g/mol. The number of aryl methyl sites for hydroxylation is 1. The molecule has 0 aromatic heterocycles. The Labute approximate surface area is 118 Å². The molecule has 0 fully saturated rings. The third-order valence-corrected chi connectivity index (χ3v) is 3.71. The van der Waals surface area contributed by atoms with Gasteiger partial charge in [0.1, 0.15) is 18.1 Å². The maximum atomic E-state index is 9.92. The van der Waals surface area contributed by atoms with Gasteiger partial charge in [0.15, 0.2) is 0 Å². The number of rotatable bonds is 3. The Hall–Kier alpha value is -2.00. The van der Waals surface area contributed by atoms with Crippen LogP contribution in [0, 0.1) is 0 Å². The number of aromatic hydroxyl groups is 1. The fraction of sp³-hybridized carbons (Fsp3) is 0.294. The fourth-order valence-electron chi connectivity index (χ4n) is 2.67. The number of hydrogen-bond donors (Lipinski definition) is 2. The maximum absolute atomic E-state index is 9.92. The summed E-state index contributed by atoms with van der Waals surface area (Å²) in [4.78, 5) is 0. The van der Waals surface area contributed by atoms with E-state index in [1.165, 1.54) is 5.56 Å². The Balaban J connectivity index is 1.72. The smallest absolute Gasteiger partial charge is 0.120 e. The first-order valence-electron chi connectivity index (χ1n) is 6.94. The van der Waals surface area contributed by atoms with Crippen LogP contribution >= 0.6 is 0 Å². The second kappa shape index (κ2) is 5.55. The first-order chi connectivity index (χ1) is 9.72. The summed E-state index contributed by atoms with van der Waals surface area (Å²) in [6.45, 7) is 0.426. The Morgan fingerprint density at radius 2 is 2.05 bits per heavy atom. The Kier molecular flexibility index (Phi) is 3.61. The number of aliphatic hydroxyl groups excluding tert-OH is 1. The van der Waals surface area contributed by atoms with Crippen molar-refractivity contribution < 1.29 is 14.9 Å². The SMILES string of the molecule is Oc1cccc(COc2ccc3c(c2)CCCC3O)c1. The van der Waals surface area contributed by atoms with Crippen molar-refractivity contribution in [3.05, 3.63) is 59.2 Å². The van der Waals surface area contributed by atoms with Crippen LogP contribution in [0.5, 0.6) is 11.5 Å². The minimum absolute atomic E-state index is 0.250. The zero-order valence-corrected chi connectivity index (χ0v) is 11.2. The van der Waals surface area contributed by atoms with E-state index in [2.05, 4.69) is 0 Å². The van der Waals surface area contributed by atoms with Gasteiger partial charge in [0.05, 0.1) is 6.10 Å². The highest BCUT2D eigenvalue weighted by Gasteiger charge is 2.18. The van der Waals surface area contributed by atoms with Crippen molar-refractivity contribution in [1.82, 2.24) is 0 Å². The molecule has 1 atom stereocenters. The van der Waals surface area contributed by atoms with E-state index < -0.39 is 0 Å². The van der Waals surface area contributed by atoms with Crippen molar-refractivity contribution in [1.29, 1.82) is 0 Å². The standard InChI is InChI=1S/C17H18O3/c18-14-5-1-3-12(9-14)11-20-15-7-8-16-13(10-15)4-2-6-17(16)19/h1,3,5,7-10,17-19H,2,4,6,11H2. The van der Waals surface area contributed by atoms with Gasteiger partial charge >= 0.3 is 0 Å². The number of fused-ring (bicyclic) bond motifs is 1. The topological polar surface area (TPSA) is 49.7 Å². The molecule has 20 heavy (non-hydrogen) atoms. The van der Waals surface area contributed by atoms with E-state index in [4.69, 9.17) is 4.74 Å². The van der Waals surface area contributed by atoms with E-state index in [1.54, 1.807) is 18.2 Å². The monoisotopic (exact) mass is 270 g/mol. The average Bonchev–Trinajstić information content (AvgIpc) is 2.45. The van der Waals surface area contributed by atoms with E-state index in [-0.39, 0.29) is 11.9 Å². The van der Waals surface area contributed by atoms with Crippen LogP contribution in [0.15, 0.2) is 42.5 Å². The molecule has 0 saturated carbocycles. The molecule has 0 heterocycles. The molecule has 0 radical (unpaired) electrons. The molecule has 3 rings (SSSR count). The molecular formula is C17H18O3. The molecule has 3 nitrogen and oxygen atoms in total. The lowest BCUT2D eigenvalue weighted by molar-refractivity contribution is 0.156. The van der Waals surface area contributed by atoms with Crippen LogP contribution in [0.2, 0.25) is 0 Å². The van der Waals surface area contributed by atoms with Crippen molar-refractivity contribution in [3.63, 3.8) is 0 Å². The van der Waals surface area contributed by atoms with Crippen molar-refractivity contribution in [3.8, 4) is 11.5 Å². The van der Waals surface area contributed by atoms with Gasteiger partial charge < -0.3 is 14.9 Å². The van der Waals surface area contributed by atoms with E-state index in [1.807, 2.05) is 24.3 Å². The highest BCUT2D eigenvalue weighted by Crippen LogP contribution is 2.32. The maximum Gasteiger partial charge on any atom is 0.120 e. The largest absolute Gasteiger partial charge is 0.508 e. The molecule has 2 N–H and O–H groups in total. The Morgan fingerprint density at radius 1 is 1.15 bits per heavy atom. The van der Waals surface area contributed by atoms with Crippen LogP contribution in [0.1, 0.15) is 35.6 Å². The van der Waals surface area contributed by atoms with Gasteiger partial charge in [-0.15, -0.1) is 0 Å². The van der Waals surface area contributed by atoms with Gasteiger partial charge in [-0.2, -0.15) is 0 Å². The Bertz CT molecular complexity index is 607. The molecule has 1 aliphatic rings. The van der Waals surface area contributed by atoms with Gasteiger partial charge in [-0.25, -0.2) is 0 Å². The molecule has 0 aliphatic heterocycles. The first-order valence-corrected chi connectivity index (χ1v) is 6.94. The second-order valence-corrected chi connectivity index (χ2v) is 5.23. The molecule has 0 spiro atoms. The summed E-state index contributed by atoms with van der Waals surface area (Å²) >= 11 is 0. The lowest BCUT2D eigenvalue weighted by Crippen LogP contribution is -2.09. The van der Waals surface area contributed by atoms with Crippen LogP contribution < -0.4 is 4.74 Å². The molecule has 0 saturated heterocycles. The zero-order chi connectivity index (χ0) is 13.9. The first kappa shape index (κ1) is 13.0. The number of ether oxygens (including phenoxy) is 1. The molecule has 2 aromatic rings. The van der Waals surface area contributed by atoms with Gasteiger partial charge in [0, 0.05) is 0 Å². The quantitative estimate of drug-likeness (QED) is 0.899. The zero-order valence-electron chi connectivity index (χ0n) is 11.2. The molecule has 3 heteroatoms. The van der Waals surface area contributed by atoms with E-state index >= 15 is 0 Å². The summed E-state index contributed by atoms with van der Waals surface area (Å²) in [6.07, 6.45) is 2.52. The van der Waals surface area contributed by atoms with Gasteiger partial charge in [-0.3, -0.25) is 0 Å². The summed E-state index contributed by atoms with van der Waals surface area (Å²) in [5.41, 5.74) is 3.14. The molecule has 0 amide bonds. The van der Waals surface area contributed by atoms with E-state index in [0.29, 0.717) is 6.61 Å². The minimum Gasteiger partial charge on any atom is -0.508 e. The predicted molar refractivity (Wildman–Crippen MR) is 76.8 cm³/mol. The van der Waals surface area contributed by atoms with Crippen LogP contribution in [0.25, 0.3) is 0 Å². The molecule has 0 bridgehead atoms. The van der Waals surface area contributed by atoms with Gasteiger partial charge in [-0.1, -0.05) is 18.2 Å². The molecular weight excluding hydrogens is 252 g/mol. The van der Waals surface area contributed by atoms with Crippen molar-refractivity contribution in [2.75, 3.05) is 0 Å². The lowest BCUT2D eigenvalue weighted by Gasteiger charge is -2.21. The Morgan fingerprint density at radius 3 is 2.90 bits per heavy atom. The number of phenolic OH excluding ortho intramolecular Hbond substituents is 1. The number of aliphatic hydroxyl groups is 1. The highest BCUT2D eigenvalue weighted by atomic mass is 16.5. The second-order valence-electron chi connectivity index (χ2n) is 5.23. The van der Waals surface area contributed by atoms with Crippen LogP contribution in [-0.2, 0) is 13.0 Å². The highest BCUT2D eigenvalue weighted by molar-refractivity contribution is 5.38. The normalized spacial score (nSPS) is 17.6. The van der Waals surface area contributed by atoms with Crippen LogP contribution in [0.4, 0.5) is 0 Å². The van der Waals surface area contributed by atoms with Crippen molar-refractivity contribution >= 4 is 0 Å². The van der Waals surface area contributed by atoms with Crippen molar-refractivity contribution in [2.24, 2.45) is 0 Å². The van der Waals surface area contributed by atoms with Gasteiger partial charge in [0.25, 0.3) is 0 Å². The third-order valence-electron chi connectivity index (χ3n) is 3.71. The fourth-order valence-corrected chi connectivity index (χ4v) is 2.67. The summed E-state index contributed by atoms with van der Waals surface area (Å²) < 4.78 is 5.76. The van der Waals surface area contributed by atoms with E-state index in [0.717, 1.165) is 36.1 Å². The van der Waals surface area contributed by atoms with Gasteiger partial charge in [-0.05, 0) is 60.2 Å². The number of phenols is 1. The number of hydrogen-bond acceptors (Lipinski definition) is 3. The minimum atomic E-state index is -0.334. The molecule has 1 aliphatic carbocycles. The molecule has 1 unspecified atom stereocenters. The van der Waals surface area contributed by atoms with Crippen LogP contribution in [-0.4, -0.2) is 10.2 Å². The van der Waals surface area contributed by atoms with Crippen LogP contribution in [0.3, 0.4) is 0 Å². The van der Waals surface area contributed by atoms with Gasteiger partial charge in [0.2, 0.25) is 0 Å². The number of benzene rings is 2. The molecule has 104 valence electrons. The summed E-state index contributed by atoms with van der Waals surface area (Å²) in [5.74, 6) is 1.06. The van der Waals surface area contributed by atoms with E-state index in [9.17, 15) is 10.2 Å². The summed E-state index contributed by atoms with van der Waals surface area (Å²) in [5, 5.41) is 19.3. The van der Waals surface area contributed by atoms with Crippen molar-refractivity contribution in [2.45, 2.75) is 32.0 Å². The summed E-state index contributed by atoms with van der Waals surface area (Å²) in [7, 11) is 0. The third kappa shape index (κ3) is 2.78. The predicted octanol–water partition coefficient (Wildman–Crippen LogP) is 3.34. The molecule has 2 aromatic carbocycles.